The Labute approximate surface area is 190 Å². The molecule has 0 radical (unpaired) electrons. The lowest BCUT2D eigenvalue weighted by Gasteiger charge is -2.38. The molecule has 3 aromatic rings. The van der Waals surface area contributed by atoms with Crippen molar-refractivity contribution in [1.29, 1.82) is 0 Å². The maximum atomic E-state index is 6.44. The SMILES string of the molecule is C=CCOc1ccc(C2=NN3[C@H](C2)c2cc(Br)ccc2O[C@@H]3c2ccc(C)cc2)cc1. The van der Waals surface area contributed by atoms with Crippen LogP contribution >= 0.6 is 15.9 Å². The van der Waals surface area contributed by atoms with Crippen LogP contribution in [0.1, 0.15) is 40.9 Å². The Morgan fingerprint density at radius 2 is 1.90 bits per heavy atom. The second kappa shape index (κ2) is 8.23. The molecule has 0 N–H and O–H groups in total. The number of halogens is 1. The number of rotatable bonds is 5. The second-order valence-electron chi connectivity index (χ2n) is 7.83. The zero-order chi connectivity index (χ0) is 21.4. The van der Waals surface area contributed by atoms with Gasteiger partial charge in [0.1, 0.15) is 18.1 Å². The minimum Gasteiger partial charge on any atom is -0.490 e. The standard InChI is InChI=1S/C26H23BrN2O2/c1-3-14-30-21-11-8-18(9-12-21)23-16-24-22-15-20(27)10-13-25(22)31-26(29(24)28-23)19-6-4-17(2)5-7-19/h3-13,15,24,26H,1,14,16H2,2H3/t24-,26-/m1/s1. The van der Waals surface area contributed by atoms with Gasteiger partial charge in [0.25, 0.3) is 0 Å². The largest absolute Gasteiger partial charge is 0.490 e. The average molecular weight is 475 g/mol. The minimum absolute atomic E-state index is 0.124. The lowest BCUT2D eigenvalue weighted by atomic mass is 9.96. The Kier molecular flexibility index (Phi) is 5.28. The van der Waals surface area contributed by atoms with Gasteiger partial charge in [0.2, 0.25) is 6.23 Å². The van der Waals surface area contributed by atoms with Gasteiger partial charge in [-0.05, 0) is 55.0 Å². The maximum absolute atomic E-state index is 6.44. The van der Waals surface area contributed by atoms with Crippen LogP contribution in [0, 0.1) is 6.92 Å². The van der Waals surface area contributed by atoms with Crippen molar-refractivity contribution in [3.63, 3.8) is 0 Å². The highest BCUT2D eigenvalue weighted by Crippen LogP contribution is 2.48. The van der Waals surface area contributed by atoms with E-state index < -0.39 is 0 Å². The predicted molar refractivity (Wildman–Crippen MR) is 127 cm³/mol. The Bertz CT molecular complexity index is 1140. The summed E-state index contributed by atoms with van der Waals surface area (Å²) in [5, 5.41) is 7.14. The number of fused-ring (bicyclic) bond motifs is 3. The molecule has 0 saturated heterocycles. The van der Waals surface area contributed by atoms with E-state index in [1.54, 1.807) is 6.08 Å². The third kappa shape index (κ3) is 3.86. The smallest absolute Gasteiger partial charge is 0.213 e. The predicted octanol–water partition coefficient (Wildman–Crippen LogP) is 6.56. The molecule has 2 aliphatic rings. The highest BCUT2D eigenvalue weighted by molar-refractivity contribution is 9.10. The molecule has 31 heavy (non-hydrogen) atoms. The van der Waals surface area contributed by atoms with Gasteiger partial charge in [0.15, 0.2) is 0 Å². The summed E-state index contributed by atoms with van der Waals surface area (Å²) in [5.74, 6) is 1.75. The molecule has 5 heteroatoms. The van der Waals surface area contributed by atoms with E-state index in [0.717, 1.165) is 44.8 Å². The molecule has 156 valence electrons. The Morgan fingerprint density at radius 3 is 2.65 bits per heavy atom. The molecule has 0 spiro atoms. The van der Waals surface area contributed by atoms with E-state index in [9.17, 15) is 0 Å². The van der Waals surface area contributed by atoms with Crippen LogP contribution in [-0.4, -0.2) is 17.3 Å². The minimum atomic E-state index is -0.257. The molecule has 2 atom stereocenters. The van der Waals surface area contributed by atoms with E-state index in [-0.39, 0.29) is 12.3 Å². The van der Waals surface area contributed by atoms with E-state index in [4.69, 9.17) is 14.6 Å². The van der Waals surface area contributed by atoms with Gasteiger partial charge in [-0.25, -0.2) is 5.01 Å². The van der Waals surface area contributed by atoms with Gasteiger partial charge in [-0.2, -0.15) is 5.10 Å². The van der Waals surface area contributed by atoms with E-state index >= 15 is 0 Å². The molecule has 3 aromatic carbocycles. The maximum Gasteiger partial charge on any atom is 0.213 e. The molecular formula is C26H23BrN2O2. The van der Waals surface area contributed by atoms with Crippen LogP contribution in [0.25, 0.3) is 0 Å². The highest BCUT2D eigenvalue weighted by Gasteiger charge is 2.41. The Morgan fingerprint density at radius 1 is 1.13 bits per heavy atom. The quantitative estimate of drug-likeness (QED) is 0.392. The summed E-state index contributed by atoms with van der Waals surface area (Å²) in [6, 6.07) is 22.9. The van der Waals surface area contributed by atoms with Crippen molar-refractivity contribution in [2.45, 2.75) is 25.6 Å². The van der Waals surface area contributed by atoms with Crippen LogP contribution in [0.3, 0.4) is 0 Å². The number of aryl methyl sites for hydroxylation is 1. The first-order chi connectivity index (χ1) is 15.1. The normalized spacial score (nSPS) is 19.2. The third-order valence-corrected chi connectivity index (χ3v) is 6.16. The summed E-state index contributed by atoms with van der Waals surface area (Å²) in [6.45, 7) is 6.28. The van der Waals surface area contributed by atoms with E-state index in [0.29, 0.717) is 6.61 Å². The first kappa shape index (κ1) is 19.9. The zero-order valence-electron chi connectivity index (χ0n) is 17.3. The van der Waals surface area contributed by atoms with Crippen LogP contribution in [-0.2, 0) is 0 Å². The van der Waals surface area contributed by atoms with Crippen molar-refractivity contribution in [2.75, 3.05) is 6.61 Å². The first-order valence-electron chi connectivity index (χ1n) is 10.3. The van der Waals surface area contributed by atoms with E-state index in [2.05, 4.69) is 76.9 Å². The zero-order valence-corrected chi connectivity index (χ0v) is 18.9. The molecule has 0 unspecified atom stereocenters. The number of hydrogen-bond acceptors (Lipinski definition) is 4. The number of hydrogen-bond donors (Lipinski definition) is 0. The monoisotopic (exact) mass is 474 g/mol. The van der Waals surface area contributed by atoms with Gasteiger partial charge < -0.3 is 9.47 Å². The highest BCUT2D eigenvalue weighted by atomic mass is 79.9. The van der Waals surface area contributed by atoms with Crippen LogP contribution in [0.4, 0.5) is 0 Å². The Balaban J connectivity index is 1.51. The molecule has 0 fully saturated rings. The molecule has 0 saturated carbocycles. The van der Waals surface area contributed by atoms with Crippen molar-refractivity contribution >= 4 is 21.6 Å². The molecule has 2 heterocycles. The molecule has 0 aliphatic carbocycles. The number of nitrogens with zero attached hydrogens (tertiary/aromatic N) is 2. The summed E-state index contributed by atoms with van der Waals surface area (Å²) < 4.78 is 13.1. The van der Waals surface area contributed by atoms with E-state index in [1.807, 2.05) is 24.3 Å². The van der Waals surface area contributed by atoms with Crippen molar-refractivity contribution in [3.8, 4) is 11.5 Å². The van der Waals surface area contributed by atoms with Gasteiger partial charge in [-0.1, -0.05) is 58.4 Å². The van der Waals surface area contributed by atoms with E-state index in [1.165, 1.54) is 5.56 Å². The molecule has 0 amide bonds. The summed E-state index contributed by atoms with van der Waals surface area (Å²) >= 11 is 3.61. The molecule has 2 aliphatic heterocycles. The summed E-state index contributed by atoms with van der Waals surface area (Å²) in [5.41, 5.74) is 5.63. The number of ether oxygens (including phenoxy) is 2. The van der Waals surface area contributed by atoms with Gasteiger partial charge in [-0.3, -0.25) is 0 Å². The van der Waals surface area contributed by atoms with Crippen LogP contribution in [0.5, 0.6) is 11.5 Å². The topological polar surface area (TPSA) is 34.1 Å². The summed E-state index contributed by atoms with van der Waals surface area (Å²) in [7, 11) is 0. The van der Waals surface area contributed by atoms with Crippen molar-refractivity contribution in [3.05, 3.63) is 106 Å². The van der Waals surface area contributed by atoms with Gasteiger partial charge >= 0.3 is 0 Å². The molecular weight excluding hydrogens is 452 g/mol. The molecule has 0 aromatic heterocycles. The van der Waals surface area contributed by atoms with Crippen molar-refractivity contribution in [2.24, 2.45) is 5.10 Å². The number of hydrazone groups is 1. The second-order valence-corrected chi connectivity index (χ2v) is 8.75. The van der Waals surface area contributed by atoms with Gasteiger partial charge in [-0.15, -0.1) is 0 Å². The molecule has 5 rings (SSSR count). The lowest BCUT2D eigenvalue weighted by Crippen LogP contribution is -2.33. The van der Waals surface area contributed by atoms with Crippen LogP contribution in [0.15, 0.2) is 89.0 Å². The fourth-order valence-electron chi connectivity index (χ4n) is 4.08. The Hall–Kier alpha value is -3.05. The molecule has 0 bridgehead atoms. The van der Waals surface area contributed by atoms with Gasteiger partial charge in [0.05, 0.1) is 11.8 Å². The van der Waals surface area contributed by atoms with Crippen LogP contribution < -0.4 is 9.47 Å². The van der Waals surface area contributed by atoms with Crippen molar-refractivity contribution < 1.29 is 9.47 Å². The first-order valence-corrected chi connectivity index (χ1v) is 11.1. The van der Waals surface area contributed by atoms with Crippen molar-refractivity contribution in [1.82, 2.24) is 5.01 Å². The fraction of sp³-hybridized carbons (Fsp3) is 0.192. The van der Waals surface area contributed by atoms with Gasteiger partial charge in [0, 0.05) is 22.0 Å². The average Bonchev–Trinajstić information content (AvgIpc) is 3.24. The summed E-state index contributed by atoms with van der Waals surface area (Å²) in [4.78, 5) is 0. The van der Waals surface area contributed by atoms with Crippen LogP contribution in [0.2, 0.25) is 0 Å². The number of benzene rings is 3. The third-order valence-electron chi connectivity index (χ3n) is 5.67. The fourth-order valence-corrected chi connectivity index (χ4v) is 4.46. The summed E-state index contributed by atoms with van der Waals surface area (Å²) in [6.07, 6.45) is 2.31. The molecule has 4 nitrogen and oxygen atoms in total. The lowest BCUT2D eigenvalue weighted by molar-refractivity contribution is -0.0190.